The number of carbonyl (C=O) groups is 2. The largest absolute Gasteiger partial charge is 0.480 e. The average Bonchev–Trinajstić information content (AvgIpc) is 2.88. The molecule has 1 aromatic carbocycles. The predicted octanol–water partition coefficient (Wildman–Crippen LogP) is 0.838. The van der Waals surface area contributed by atoms with Crippen LogP contribution < -0.4 is 0 Å². The van der Waals surface area contributed by atoms with Crippen LogP contribution in [0.4, 0.5) is 0 Å². The van der Waals surface area contributed by atoms with Gasteiger partial charge in [-0.3, -0.25) is 4.79 Å². The molecule has 2 aliphatic rings. The molecule has 1 fully saturated rings. The van der Waals surface area contributed by atoms with Crippen molar-refractivity contribution >= 4 is 11.9 Å². The number of benzene rings is 1. The zero-order valence-electron chi connectivity index (χ0n) is 11.7. The first-order chi connectivity index (χ1) is 10.1. The number of fused-ring (bicyclic) bond motifs is 1. The fraction of sp³-hybridized carbons (Fsp3) is 0.500. The summed E-state index contributed by atoms with van der Waals surface area (Å²) in [5, 5.41) is 18.9. The number of amides is 1. The molecule has 0 spiro atoms. The van der Waals surface area contributed by atoms with Gasteiger partial charge in [0.15, 0.2) is 0 Å². The lowest BCUT2D eigenvalue weighted by molar-refractivity contribution is -0.150. The molecule has 0 radical (unpaired) electrons. The van der Waals surface area contributed by atoms with Crippen LogP contribution in [0.1, 0.15) is 24.0 Å². The normalized spacial score (nSPS) is 28.2. The minimum atomic E-state index is -1.03. The second kappa shape index (κ2) is 5.48. The SMILES string of the molecule is O=C(O)C1CC(O)CN1C(=O)C1CCc2ccccc2C1. The molecule has 2 N–H and O–H groups in total. The van der Waals surface area contributed by atoms with E-state index in [0.717, 1.165) is 12.8 Å². The highest BCUT2D eigenvalue weighted by Crippen LogP contribution is 2.29. The van der Waals surface area contributed by atoms with Gasteiger partial charge in [0.25, 0.3) is 0 Å². The lowest BCUT2D eigenvalue weighted by Crippen LogP contribution is -2.44. The summed E-state index contributed by atoms with van der Waals surface area (Å²) in [5.41, 5.74) is 2.45. The van der Waals surface area contributed by atoms with E-state index in [1.165, 1.54) is 16.0 Å². The molecule has 1 saturated heterocycles. The number of aliphatic carboxylic acids is 1. The van der Waals surface area contributed by atoms with Gasteiger partial charge < -0.3 is 15.1 Å². The first-order valence-electron chi connectivity index (χ1n) is 7.34. The Kier molecular flexibility index (Phi) is 3.68. The number of aryl methyl sites for hydroxylation is 1. The summed E-state index contributed by atoms with van der Waals surface area (Å²) >= 11 is 0. The van der Waals surface area contributed by atoms with E-state index in [1.807, 2.05) is 18.2 Å². The van der Waals surface area contributed by atoms with Crippen molar-refractivity contribution in [2.24, 2.45) is 5.92 Å². The van der Waals surface area contributed by atoms with Crippen molar-refractivity contribution in [2.45, 2.75) is 37.8 Å². The smallest absolute Gasteiger partial charge is 0.326 e. The summed E-state index contributed by atoms with van der Waals surface area (Å²) < 4.78 is 0. The van der Waals surface area contributed by atoms with Gasteiger partial charge in [-0.25, -0.2) is 4.79 Å². The quantitative estimate of drug-likeness (QED) is 0.845. The fourth-order valence-corrected chi connectivity index (χ4v) is 3.43. The maximum Gasteiger partial charge on any atom is 0.326 e. The Hall–Kier alpha value is -1.88. The van der Waals surface area contributed by atoms with Gasteiger partial charge in [0.1, 0.15) is 6.04 Å². The number of rotatable bonds is 2. The maximum absolute atomic E-state index is 12.6. The number of likely N-dealkylation sites (tertiary alicyclic amines) is 1. The van der Waals surface area contributed by atoms with Crippen LogP contribution >= 0.6 is 0 Å². The Bertz CT molecular complexity index is 571. The summed E-state index contributed by atoms with van der Waals surface area (Å²) in [6, 6.07) is 7.19. The summed E-state index contributed by atoms with van der Waals surface area (Å²) in [5.74, 6) is -1.34. The lowest BCUT2D eigenvalue weighted by Gasteiger charge is -2.29. The topological polar surface area (TPSA) is 77.8 Å². The number of hydrogen-bond donors (Lipinski definition) is 2. The van der Waals surface area contributed by atoms with Crippen LogP contribution in [0.25, 0.3) is 0 Å². The molecule has 1 amide bonds. The third-order valence-electron chi connectivity index (χ3n) is 4.54. The van der Waals surface area contributed by atoms with Gasteiger partial charge in [-0.2, -0.15) is 0 Å². The van der Waals surface area contributed by atoms with Gasteiger partial charge in [0, 0.05) is 18.9 Å². The Balaban J connectivity index is 1.76. The molecule has 1 aliphatic carbocycles. The first-order valence-corrected chi connectivity index (χ1v) is 7.34. The van der Waals surface area contributed by atoms with Gasteiger partial charge in [-0.05, 0) is 30.4 Å². The number of carboxylic acids is 1. The van der Waals surface area contributed by atoms with Crippen LogP contribution in [-0.4, -0.2) is 45.7 Å². The van der Waals surface area contributed by atoms with Crippen LogP contribution in [0.15, 0.2) is 24.3 Å². The molecule has 3 unspecified atom stereocenters. The number of carbonyl (C=O) groups excluding carboxylic acids is 1. The fourth-order valence-electron chi connectivity index (χ4n) is 3.43. The number of hydrogen-bond acceptors (Lipinski definition) is 3. The van der Waals surface area contributed by atoms with Crippen LogP contribution in [0, 0.1) is 5.92 Å². The van der Waals surface area contributed by atoms with Crippen molar-refractivity contribution in [2.75, 3.05) is 6.54 Å². The van der Waals surface area contributed by atoms with Crippen molar-refractivity contribution in [1.82, 2.24) is 4.90 Å². The molecule has 0 aromatic heterocycles. The number of nitrogens with zero attached hydrogens (tertiary/aromatic N) is 1. The summed E-state index contributed by atoms with van der Waals surface area (Å²) in [6.07, 6.45) is 1.65. The van der Waals surface area contributed by atoms with E-state index in [-0.39, 0.29) is 24.8 Å². The summed E-state index contributed by atoms with van der Waals surface area (Å²) in [4.78, 5) is 25.2. The van der Waals surface area contributed by atoms with Crippen molar-refractivity contribution in [3.05, 3.63) is 35.4 Å². The Morgan fingerprint density at radius 3 is 2.62 bits per heavy atom. The Morgan fingerprint density at radius 2 is 1.90 bits per heavy atom. The zero-order valence-corrected chi connectivity index (χ0v) is 11.7. The molecular formula is C16H19NO4. The Labute approximate surface area is 123 Å². The summed E-state index contributed by atoms with van der Waals surface area (Å²) in [7, 11) is 0. The minimum absolute atomic E-state index is 0.129. The first kappa shape index (κ1) is 14.1. The number of β-amino-alcohol motifs (C(OH)–C–C–N with tert-alkyl or cyclic N) is 1. The molecule has 1 heterocycles. The summed E-state index contributed by atoms with van der Waals surface area (Å²) in [6.45, 7) is 0.133. The minimum Gasteiger partial charge on any atom is -0.480 e. The Morgan fingerprint density at radius 1 is 1.19 bits per heavy atom. The second-order valence-corrected chi connectivity index (χ2v) is 5.94. The highest BCUT2D eigenvalue weighted by Gasteiger charge is 2.41. The van der Waals surface area contributed by atoms with E-state index in [2.05, 4.69) is 6.07 Å². The molecule has 21 heavy (non-hydrogen) atoms. The van der Waals surface area contributed by atoms with E-state index >= 15 is 0 Å². The van der Waals surface area contributed by atoms with E-state index in [0.29, 0.717) is 6.42 Å². The van der Waals surface area contributed by atoms with Crippen molar-refractivity contribution < 1.29 is 19.8 Å². The van der Waals surface area contributed by atoms with E-state index in [4.69, 9.17) is 0 Å². The van der Waals surface area contributed by atoms with E-state index in [1.54, 1.807) is 0 Å². The van der Waals surface area contributed by atoms with Crippen molar-refractivity contribution in [1.29, 1.82) is 0 Å². The molecule has 3 rings (SSSR count). The van der Waals surface area contributed by atoms with Crippen molar-refractivity contribution in [3.63, 3.8) is 0 Å². The molecule has 5 nitrogen and oxygen atoms in total. The van der Waals surface area contributed by atoms with Gasteiger partial charge in [0.05, 0.1) is 6.10 Å². The molecule has 1 aromatic rings. The standard InChI is InChI=1S/C16H19NO4/c18-13-8-14(16(20)21)17(9-13)15(19)12-6-5-10-3-1-2-4-11(10)7-12/h1-4,12-14,18H,5-9H2,(H,20,21). The monoisotopic (exact) mass is 289 g/mol. The van der Waals surface area contributed by atoms with Gasteiger partial charge >= 0.3 is 5.97 Å². The number of aliphatic hydroxyl groups excluding tert-OH is 1. The van der Waals surface area contributed by atoms with Gasteiger partial charge in [-0.1, -0.05) is 24.3 Å². The maximum atomic E-state index is 12.6. The number of carboxylic acid groups (broad SMARTS) is 1. The number of aliphatic hydroxyl groups is 1. The van der Waals surface area contributed by atoms with Crippen LogP contribution in [0.3, 0.4) is 0 Å². The molecule has 112 valence electrons. The molecule has 1 aliphatic heterocycles. The highest BCUT2D eigenvalue weighted by atomic mass is 16.4. The van der Waals surface area contributed by atoms with Crippen molar-refractivity contribution in [3.8, 4) is 0 Å². The predicted molar refractivity (Wildman–Crippen MR) is 75.7 cm³/mol. The molecular weight excluding hydrogens is 270 g/mol. The highest BCUT2D eigenvalue weighted by molar-refractivity contribution is 5.86. The van der Waals surface area contributed by atoms with Crippen LogP contribution in [-0.2, 0) is 22.4 Å². The average molecular weight is 289 g/mol. The van der Waals surface area contributed by atoms with Crippen LogP contribution in [0.2, 0.25) is 0 Å². The van der Waals surface area contributed by atoms with E-state index < -0.39 is 18.1 Å². The molecule has 0 bridgehead atoms. The van der Waals surface area contributed by atoms with Gasteiger partial charge in [0.2, 0.25) is 5.91 Å². The van der Waals surface area contributed by atoms with Gasteiger partial charge in [-0.15, -0.1) is 0 Å². The van der Waals surface area contributed by atoms with E-state index in [9.17, 15) is 19.8 Å². The third-order valence-corrected chi connectivity index (χ3v) is 4.54. The third kappa shape index (κ3) is 2.65. The zero-order chi connectivity index (χ0) is 15.0. The molecule has 3 atom stereocenters. The lowest BCUT2D eigenvalue weighted by atomic mass is 9.83. The van der Waals surface area contributed by atoms with Crippen LogP contribution in [0.5, 0.6) is 0 Å². The molecule has 5 heteroatoms. The second-order valence-electron chi connectivity index (χ2n) is 5.94. The molecule has 0 saturated carbocycles.